The molecule has 0 aromatic heterocycles. The number of hydrogen-bond acceptors (Lipinski definition) is 3. The Labute approximate surface area is 156 Å². The van der Waals surface area contributed by atoms with E-state index >= 15 is 0 Å². The first-order valence-corrected chi connectivity index (χ1v) is 9.41. The summed E-state index contributed by atoms with van der Waals surface area (Å²) in [6.07, 6.45) is 1.30. The molecule has 26 heavy (non-hydrogen) atoms. The lowest BCUT2D eigenvalue weighted by Gasteiger charge is -2.35. The van der Waals surface area contributed by atoms with Crippen molar-refractivity contribution in [1.82, 2.24) is 10.2 Å². The molecule has 2 aromatic carbocycles. The molecule has 1 N–H and O–H groups in total. The van der Waals surface area contributed by atoms with Gasteiger partial charge < -0.3 is 10.1 Å². The van der Waals surface area contributed by atoms with Gasteiger partial charge in [0.25, 0.3) is 0 Å². The Kier molecular flexibility index (Phi) is 6.81. The molecule has 1 atom stereocenters. The number of nitrogens with zero attached hydrogens (tertiary/aromatic N) is 1. The molecule has 1 unspecified atom stereocenters. The number of carbonyl (C=O) groups excluding carboxylic acids is 1. The lowest BCUT2D eigenvalue weighted by molar-refractivity contribution is -0.121. The zero-order valence-electron chi connectivity index (χ0n) is 15.5. The van der Waals surface area contributed by atoms with Gasteiger partial charge in [-0.15, -0.1) is 0 Å². The van der Waals surface area contributed by atoms with Crippen molar-refractivity contribution in [2.75, 3.05) is 32.8 Å². The maximum Gasteiger partial charge on any atom is 0.220 e. The molecule has 0 aliphatic carbocycles. The molecule has 4 heteroatoms. The summed E-state index contributed by atoms with van der Waals surface area (Å²) in [5.41, 5.74) is 3.70. The van der Waals surface area contributed by atoms with E-state index in [-0.39, 0.29) is 11.9 Å². The highest BCUT2D eigenvalue weighted by Gasteiger charge is 2.22. The van der Waals surface area contributed by atoms with Crippen molar-refractivity contribution >= 4 is 5.91 Å². The van der Waals surface area contributed by atoms with Gasteiger partial charge in [-0.05, 0) is 24.5 Å². The van der Waals surface area contributed by atoms with Gasteiger partial charge in [-0.25, -0.2) is 0 Å². The maximum absolute atomic E-state index is 12.3. The first kappa shape index (κ1) is 18.6. The molecule has 0 bridgehead atoms. The standard InChI is InChI=1S/C22H28N2O2/c1-18-7-9-19(10-8-18)11-12-22(25)23-17-21(20-5-3-2-4-6-20)24-13-15-26-16-14-24/h2-10,21H,11-17H2,1H3,(H,23,25). The van der Waals surface area contributed by atoms with Crippen molar-refractivity contribution in [1.29, 1.82) is 0 Å². The molecule has 2 aromatic rings. The lowest BCUT2D eigenvalue weighted by atomic mass is 10.0. The lowest BCUT2D eigenvalue weighted by Crippen LogP contribution is -2.43. The van der Waals surface area contributed by atoms with Crippen molar-refractivity contribution in [2.24, 2.45) is 0 Å². The van der Waals surface area contributed by atoms with E-state index < -0.39 is 0 Å². The van der Waals surface area contributed by atoms with Gasteiger partial charge in [0.2, 0.25) is 5.91 Å². The maximum atomic E-state index is 12.3. The van der Waals surface area contributed by atoms with Gasteiger partial charge in [0.1, 0.15) is 0 Å². The van der Waals surface area contributed by atoms with E-state index in [1.54, 1.807) is 0 Å². The Bertz CT molecular complexity index is 679. The molecule has 1 saturated heterocycles. The van der Waals surface area contributed by atoms with Crippen LogP contribution in [0.4, 0.5) is 0 Å². The Hall–Kier alpha value is -2.17. The number of morpholine rings is 1. The third-order valence-electron chi connectivity index (χ3n) is 4.92. The number of nitrogens with one attached hydrogen (secondary N) is 1. The van der Waals surface area contributed by atoms with Crippen LogP contribution in [0.5, 0.6) is 0 Å². The second kappa shape index (κ2) is 9.51. The van der Waals surface area contributed by atoms with E-state index in [2.05, 4.69) is 65.7 Å². The van der Waals surface area contributed by atoms with Crippen LogP contribution in [0.25, 0.3) is 0 Å². The first-order chi connectivity index (χ1) is 12.7. The molecule has 1 fully saturated rings. The number of aryl methyl sites for hydroxylation is 2. The minimum absolute atomic E-state index is 0.111. The van der Waals surface area contributed by atoms with Gasteiger partial charge in [-0.2, -0.15) is 0 Å². The molecule has 3 rings (SSSR count). The van der Waals surface area contributed by atoms with Crippen LogP contribution in [0.3, 0.4) is 0 Å². The predicted molar refractivity (Wildman–Crippen MR) is 104 cm³/mol. The summed E-state index contributed by atoms with van der Waals surface area (Å²) >= 11 is 0. The van der Waals surface area contributed by atoms with Gasteiger partial charge in [-0.1, -0.05) is 60.2 Å². The second-order valence-electron chi connectivity index (χ2n) is 6.86. The fourth-order valence-electron chi connectivity index (χ4n) is 3.33. The van der Waals surface area contributed by atoms with E-state index in [9.17, 15) is 4.79 Å². The van der Waals surface area contributed by atoms with Gasteiger partial charge in [0, 0.05) is 26.1 Å². The minimum Gasteiger partial charge on any atom is -0.379 e. The monoisotopic (exact) mass is 352 g/mol. The molecule has 0 spiro atoms. The van der Waals surface area contributed by atoms with Crippen molar-refractivity contribution in [2.45, 2.75) is 25.8 Å². The number of ether oxygens (including phenoxy) is 1. The van der Waals surface area contributed by atoms with Gasteiger partial charge in [0.15, 0.2) is 0 Å². The average Bonchev–Trinajstić information content (AvgIpc) is 2.69. The Balaban J connectivity index is 1.54. The van der Waals surface area contributed by atoms with Crippen molar-refractivity contribution in [3.63, 3.8) is 0 Å². The molecule has 138 valence electrons. The first-order valence-electron chi connectivity index (χ1n) is 9.41. The van der Waals surface area contributed by atoms with Gasteiger partial charge in [0.05, 0.1) is 19.3 Å². The van der Waals surface area contributed by atoms with E-state index in [4.69, 9.17) is 4.74 Å². The largest absolute Gasteiger partial charge is 0.379 e. The Morgan fingerprint density at radius 2 is 1.77 bits per heavy atom. The van der Waals surface area contributed by atoms with Crippen LogP contribution in [0, 0.1) is 6.92 Å². The minimum atomic E-state index is 0.111. The molecule has 4 nitrogen and oxygen atoms in total. The van der Waals surface area contributed by atoms with Crippen LogP contribution < -0.4 is 5.32 Å². The van der Waals surface area contributed by atoms with Gasteiger partial charge >= 0.3 is 0 Å². The SMILES string of the molecule is Cc1ccc(CCC(=O)NCC(c2ccccc2)N2CCOCC2)cc1. The van der Waals surface area contributed by atoms with Gasteiger partial charge in [-0.3, -0.25) is 9.69 Å². The van der Waals surface area contributed by atoms with Crippen LogP contribution in [0.1, 0.15) is 29.2 Å². The highest BCUT2D eigenvalue weighted by Crippen LogP contribution is 2.21. The van der Waals surface area contributed by atoms with Crippen molar-refractivity contribution < 1.29 is 9.53 Å². The molecule has 0 saturated carbocycles. The highest BCUT2D eigenvalue weighted by atomic mass is 16.5. The third kappa shape index (κ3) is 5.41. The summed E-state index contributed by atoms with van der Waals surface area (Å²) in [7, 11) is 0. The summed E-state index contributed by atoms with van der Waals surface area (Å²) < 4.78 is 5.48. The molecule has 1 aliphatic heterocycles. The number of benzene rings is 2. The highest BCUT2D eigenvalue weighted by molar-refractivity contribution is 5.76. The van der Waals surface area contributed by atoms with E-state index in [1.165, 1.54) is 16.7 Å². The molecule has 0 radical (unpaired) electrons. The Morgan fingerprint density at radius 3 is 2.46 bits per heavy atom. The number of rotatable bonds is 7. The zero-order valence-corrected chi connectivity index (χ0v) is 15.5. The number of carbonyl (C=O) groups is 1. The van der Waals surface area contributed by atoms with Crippen molar-refractivity contribution in [3.05, 3.63) is 71.3 Å². The molecule has 1 heterocycles. The fourth-order valence-corrected chi connectivity index (χ4v) is 3.33. The zero-order chi connectivity index (χ0) is 18.2. The summed E-state index contributed by atoms with van der Waals surface area (Å²) in [6.45, 7) is 6.02. The summed E-state index contributed by atoms with van der Waals surface area (Å²) in [5, 5.41) is 3.14. The number of amides is 1. The predicted octanol–water partition coefficient (Wildman–Crippen LogP) is 3.12. The summed E-state index contributed by atoms with van der Waals surface area (Å²) in [6, 6.07) is 19.0. The van der Waals surface area contributed by atoms with Crippen molar-refractivity contribution in [3.8, 4) is 0 Å². The summed E-state index contributed by atoms with van der Waals surface area (Å²) in [4.78, 5) is 14.7. The van der Waals surface area contributed by atoms with Crippen LogP contribution in [0.15, 0.2) is 54.6 Å². The number of hydrogen-bond donors (Lipinski definition) is 1. The third-order valence-corrected chi connectivity index (χ3v) is 4.92. The molecule has 1 amide bonds. The van der Waals surface area contributed by atoms with E-state index in [0.717, 1.165) is 32.7 Å². The van der Waals surface area contributed by atoms with Crippen LogP contribution in [-0.2, 0) is 16.0 Å². The normalized spacial score (nSPS) is 16.2. The van der Waals surface area contributed by atoms with Crippen LogP contribution in [0.2, 0.25) is 0 Å². The molecule has 1 aliphatic rings. The second-order valence-corrected chi connectivity index (χ2v) is 6.86. The Morgan fingerprint density at radius 1 is 1.08 bits per heavy atom. The van der Waals surface area contributed by atoms with Crippen LogP contribution in [-0.4, -0.2) is 43.7 Å². The van der Waals surface area contributed by atoms with E-state index in [1.807, 2.05) is 6.07 Å². The quantitative estimate of drug-likeness (QED) is 0.832. The molecular weight excluding hydrogens is 324 g/mol. The summed E-state index contributed by atoms with van der Waals surface area (Å²) in [5.74, 6) is 0.111. The topological polar surface area (TPSA) is 41.6 Å². The fraction of sp³-hybridized carbons (Fsp3) is 0.409. The smallest absolute Gasteiger partial charge is 0.220 e. The van der Waals surface area contributed by atoms with E-state index in [0.29, 0.717) is 13.0 Å². The average molecular weight is 352 g/mol. The molecular formula is C22H28N2O2. The van der Waals surface area contributed by atoms with Crippen LogP contribution >= 0.6 is 0 Å².